The zero-order chi connectivity index (χ0) is 18.1. The van der Waals surface area contributed by atoms with Crippen LogP contribution in [0.25, 0.3) is 22.1 Å². The van der Waals surface area contributed by atoms with Gasteiger partial charge in [-0.05, 0) is 31.8 Å². The summed E-state index contributed by atoms with van der Waals surface area (Å²) in [6.07, 6.45) is 1.33. The molecule has 0 bridgehead atoms. The zero-order valence-corrected chi connectivity index (χ0v) is 14.2. The number of halogens is 1. The Balaban J connectivity index is 2.32. The number of nitrogens with zero attached hydrogens (tertiary/aromatic N) is 1. The third-order valence-electron chi connectivity index (χ3n) is 3.94. The highest BCUT2D eigenvalue weighted by atomic mass is 19.1. The van der Waals surface area contributed by atoms with Crippen LogP contribution in [0.15, 0.2) is 45.8 Å². The van der Waals surface area contributed by atoms with Crippen LogP contribution in [0.2, 0.25) is 0 Å². The Hall–Kier alpha value is -2.86. The van der Waals surface area contributed by atoms with Crippen molar-refractivity contribution >= 4 is 11.0 Å². The Kier molecular flexibility index (Phi) is 4.46. The molecule has 6 heteroatoms. The van der Waals surface area contributed by atoms with Crippen molar-refractivity contribution in [2.45, 2.75) is 6.54 Å². The quantitative estimate of drug-likeness (QED) is 0.787. The first-order chi connectivity index (χ1) is 11.9. The Morgan fingerprint density at radius 2 is 1.92 bits per heavy atom. The van der Waals surface area contributed by atoms with Gasteiger partial charge in [-0.1, -0.05) is 12.1 Å². The summed E-state index contributed by atoms with van der Waals surface area (Å²) >= 11 is 0. The van der Waals surface area contributed by atoms with Gasteiger partial charge >= 0.3 is 0 Å². The van der Waals surface area contributed by atoms with Gasteiger partial charge in [0.25, 0.3) is 0 Å². The summed E-state index contributed by atoms with van der Waals surface area (Å²) in [5.74, 6) is -0.159. The molecule has 1 N–H and O–H groups in total. The molecule has 0 aliphatic rings. The fourth-order valence-corrected chi connectivity index (χ4v) is 2.77. The molecule has 0 radical (unpaired) electrons. The van der Waals surface area contributed by atoms with E-state index in [-0.39, 0.29) is 33.7 Å². The maximum atomic E-state index is 13.1. The fourth-order valence-electron chi connectivity index (χ4n) is 2.77. The number of phenols is 1. The molecule has 3 rings (SSSR count). The molecule has 0 aliphatic heterocycles. The highest BCUT2D eigenvalue weighted by Gasteiger charge is 2.20. The van der Waals surface area contributed by atoms with E-state index < -0.39 is 0 Å². The van der Waals surface area contributed by atoms with E-state index in [1.807, 2.05) is 19.0 Å². The lowest BCUT2D eigenvalue weighted by molar-refractivity contribution is 0.379. The van der Waals surface area contributed by atoms with Gasteiger partial charge in [0.15, 0.2) is 0 Å². The van der Waals surface area contributed by atoms with Crippen molar-refractivity contribution in [3.8, 4) is 22.6 Å². The van der Waals surface area contributed by atoms with Gasteiger partial charge in [-0.3, -0.25) is 4.79 Å². The van der Waals surface area contributed by atoms with E-state index >= 15 is 0 Å². The van der Waals surface area contributed by atoms with Crippen LogP contribution in [0.5, 0.6) is 11.5 Å². The number of hydrogen-bond donors (Lipinski definition) is 1. The Labute approximate surface area is 143 Å². The molecule has 0 unspecified atom stereocenters. The standard InChI is InChI=1S/C19H18FNO4/c1-21(2)9-13-15(22)8-16(24-3)17-18(23)14(10-25-19(13)17)11-4-6-12(20)7-5-11/h4-8,10,22H,9H2,1-3H3. The summed E-state index contributed by atoms with van der Waals surface area (Å²) in [5.41, 5.74) is 1.32. The monoisotopic (exact) mass is 343 g/mol. The Morgan fingerprint density at radius 3 is 2.52 bits per heavy atom. The molecule has 25 heavy (non-hydrogen) atoms. The van der Waals surface area contributed by atoms with E-state index in [1.54, 1.807) is 0 Å². The van der Waals surface area contributed by atoms with Crippen LogP contribution in [-0.4, -0.2) is 31.2 Å². The highest BCUT2D eigenvalue weighted by Crippen LogP contribution is 2.35. The van der Waals surface area contributed by atoms with Gasteiger partial charge in [0.2, 0.25) is 5.43 Å². The van der Waals surface area contributed by atoms with Crippen LogP contribution in [0.1, 0.15) is 5.56 Å². The smallest absolute Gasteiger partial charge is 0.204 e. The molecule has 1 heterocycles. The maximum Gasteiger partial charge on any atom is 0.204 e. The van der Waals surface area contributed by atoms with Gasteiger partial charge in [0, 0.05) is 12.6 Å². The molecule has 130 valence electrons. The van der Waals surface area contributed by atoms with Crippen molar-refractivity contribution in [1.82, 2.24) is 4.90 Å². The Morgan fingerprint density at radius 1 is 1.24 bits per heavy atom. The first-order valence-electron chi connectivity index (χ1n) is 7.67. The van der Waals surface area contributed by atoms with E-state index in [4.69, 9.17) is 9.15 Å². The molecule has 1 aromatic heterocycles. The minimum atomic E-state index is -0.385. The fraction of sp³-hybridized carbons (Fsp3) is 0.211. The molecular formula is C19H18FNO4. The van der Waals surface area contributed by atoms with E-state index in [0.717, 1.165) is 0 Å². The Bertz CT molecular complexity index is 977. The summed E-state index contributed by atoms with van der Waals surface area (Å²) in [7, 11) is 5.12. The van der Waals surface area contributed by atoms with Crippen LogP contribution in [0, 0.1) is 5.82 Å². The summed E-state index contributed by atoms with van der Waals surface area (Å²) < 4.78 is 24.1. The number of fused-ring (bicyclic) bond motifs is 1. The summed E-state index contributed by atoms with van der Waals surface area (Å²) in [5, 5.41) is 10.5. The van der Waals surface area contributed by atoms with E-state index in [1.165, 1.54) is 43.7 Å². The summed E-state index contributed by atoms with van der Waals surface area (Å²) in [4.78, 5) is 14.9. The second-order valence-electron chi connectivity index (χ2n) is 6.00. The predicted octanol–water partition coefficient (Wildman–Crippen LogP) is 3.37. The first kappa shape index (κ1) is 17.0. The number of hydrogen-bond acceptors (Lipinski definition) is 5. The van der Waals surface area contributed by atoms with Crippen LogP contribution in [-0.2, 0) is 6.54 Å². The number of methoxy groups -OCH3 is 1. The van der Waals surface area contributed by atoms with E-state index in [0.29, 0.717) is 23.2 Å². The highest BCUT2D eigenvalue weighted by molar-refractivity contribution is 5.91. The lowest BCUT2D eigenvalue weighted by atomic mass is 10.0. The van der Waals surface area contributed by atoms with Crippen molar-refractivity contribution < 1.29 is 18.7 Å². The molecule has 0 saturated heterocycles. The average molecular weight is 343 g/mol. The van der Waals surface area contributed by atoms with Crippen LogP contribution in [0.3, 0.4) is 0 Å². The van der Waals surface area contributed by atoms with Gasteiger partial charge in [-0.25, -0.2) is 4.39 Å². The SMILES string of the molecule is COc1cc(O)c(CN(C)C)c2occ(-c3ccc(F)cc3)c(=O)c12. The largest absolute Gasteiger partial charge is 0.507 e. The van der Waals surface area contributed by atoms with Crippen molar-refractivity contribution in [2.24, 2.45) is 0 Å². The molecule has 0 fully saturated rings. The predicted molar refractivity (Wildman–Crippen MR) is 93.5 cm³/mol. The third-order valence-corrected chi connectivity index (χ3v) is 3.94. The summed E-state index contributed by atoms with van der Waals surface area (Å²) in [6.45, 7) is 0.394. The zero-order valence-electron chi connectivity index (χ0n) is 14.2. The molecule has 2 aromatic carbocycles. The molecule has 0 aliphatic carbocycles. The van der Waals surface area contributed by atoms with Gasteiger partial charge in [0.1, 0.15) is 34.5 Å². The van der Waals surface area contributed by atoms with Gasteiger partial charge in [0.05, 0.1) is 18.2 Å². The number of rotatable bonds is 4. The molecule has 0 saturated carbocycles. The number of ether oxygens (including phenoxy) is 1. The minimum Gasteiger partial charge on any atom is -0.507 e. The summed E-state index contributed by atoms with van der Waals surface area (Å²) in [6, 6.07) is 7.00. The van der Waals surface area contributed by atoms with Crippen molar-refractivity contribution in [3.63, 3.8) is 0 Å². The minimum absolute atomic E-state index is 0.00395. The van der Waals surface area contributed by atoms with Crippen molar-refractivity contribution in [1.29, 1.82) is 0 Å². The number of aromatic hydroxyl groups is 1. The first-order valence-corrected chi connectivity index (χ1v) is 7.67. The normalized spacial score (nSPS) is 11.2. The molecule has 3 aromatic rings. The van der Waals surface area contributed by atoms with Gasteiger partial charge in [-0.2, -0.15) is 0 Å². The number of benzene rings is 2. The van der Waals surface area contributed by atoms with Gasteiger partial charge < -0.3 is 19.2 Å². The lowest BCUT2D eigenvalue weighted by Gasteiger charge is -2.15. The van der Waals surface area contributed by atoms with Crippen molar-refractivity contribution in [3.05, 3.63) is 58.2 Å². The molecule has 5 nitrogen and oxygen atoms in total. The van der Waals surface area contributed by atoms with Crippen LogP contribution < -0.4 is 10.2 Å². The van der Waals surface area contributed by atoms with Crippen molar-refractivity contribution in [2.75, 3.05) is 21.2 Å². The molecule has 0 amide bonds. The molecule has 0 spiro atoms. The topological polar surface area (TPSA) is 62.9 Å². The van der Waals surface area contributed by atoms with Crippen LogP contribution in [0.4, 0.5) is 4.39 Å². The second kappa shape index (κ2) is 6.57. The molecular weight excluding hydrogens is 325 g/mol. The molecule has 0 atom stereocenters. The third kappa shape index (κ3) is 3.08. The van der Waals surface area contributed by atoms with E-state index in [9.17, 15) is 14.3 Å². The van der Waals surface area contributed by atoms with E-state index in [2.05, 4.69) is 0 Å². The second-order valence-corrected chi connectivity index (χ2v) is 6.00. The lowest BCUT2D eigenvalue weighted by Crippen LogP contribution is -2.13. The van der Waals surface area contributed by atoms with Crippen LogP contribution >= 0.6 is 0 Å². The average Bonchev–Trinajstić information content (AvgIpc) is 2.58. The van der Waals surface area contributed by atoms with Gasteiger partial charge in [-0.15, -0.1) is 0 Å². The number of phenolic OH excluding ortho intramolecular Hbond substituents is 1. The maximum absolute atomic E-state index is 13.1.